The Kier molecular flexibility index (Phi) is 6.25. The van der Waals surface area contributed by atoms with E-state index in [1.54, 1.807) is 6.07 Å². The Balaban J connectivity index is 2.72. The Morgan fingerprint density at radius 2 is 2.00 bits per heavy atom. The van der Waals surface area contributed by atoms with Gasteiger partial charge in [0, 0.05) is 30.3 Å². The number of phenolic OH excluding ortho intramolecular Hbond substituents is 1. The first kappa shape index (κ1) is 15.9. The number of phenols is 1. The third kappa shape index (κ3) is 4.80. The van der Waals surface area contributed by atoms with Crippen LogP contribution >= 0.6 is 0 Å². The van der Waals surface area contributed by atoms with Gasteiger partial charge in [-0.3, -0.25) is 0 Å². The van der Waals surface area contributed by atoms with E-state index in [1.165, 1.54) is 6.07 Å². The van der Waals surface area contributed by atoms with Gasteiger partial charge in [-0.1, -0.05) is 19.9 Å². The molecule has 108 valence electrons. The molecular weight excluding hydrogens is 245 g/mol. The van der Waals surface area contributed by atoms with Gasteiger partial charge < -0.3 is 15.2 Å². The van der Waals surface area contributed by atoms with Crippen LogP contribution in [0.1, 0.15) is 39.3 Å². The third-order valence-corrected chi connectivity index (χ3v) is 3.23. The van der Waals surface area contributed by atoms with Crippen molar-refractivity contribution in [2.24, 2.45) is 5.92 Å². The quantitative estimate of drug-likeness (QED) is 0.798. The summed E-state index contributed by atoms with van der Waals surface area (Å²) in [5.41, 5.74) is 0.698. The molecule has 0 fully saturated rings. The maximum absolute atomic E-state index is 13.0. The molecule has 0 aromatic heterocycles. The number of aromatic hydroxyl groups is 1. The van der Waals surface area contributed by atoms with Crippen molar-refractivity contribution in [3.63, 3.8) is 0 Å². The molecule has 2 unspecified atom stereocenters. The summed E-state index contributed by atoms with van der Waals surface area (Å²) in [6, 6.07) is 4.24. The fraction of sp³-hybridized carbons (Fsp3) is 0.600. The summed E-state index contributed by atoms with van der Waals surface area (Å²) in [7, 11) is 0. The zero-order valence-electron chi connectivity index (χ0n) is 12.1. The first-order valence-electron chi connectivity index (χ1n) is 6.77. The lowest BCUT2D eigenvalue weighted by Gasteiger charge is -2.26. The minimum Gasteiger partial charge on any atom is -0.508 e. The molecule has 0 aliphatic heterocycles. The van der Waals surface area contributed by atoms with E-state index in [0.29, 0.717) is 24.7 Å². The lowest BCUT2D eigenvalue weighted by molar-refractivity contribution is 0.104. The summed E-state index contributed by atoms with van der Waals surface area (Å²) in [6.45, 7) is 9.46. The first-order valence-corrected chi connectivity index (χ1v) is 6.77. The van der Waals surface area contributed by atoms with Crippen molar-refractivity contribution in [3.8, 4) is 5.75 Å². The SMILES string of the molecule is CCOCC(NC(C)c1ccc(F)cc1O)C(C)C. The zero-order valence-corrected chi connectivity index (χ0v) is 12.1. The number of nitrogens with one attached hydrogen (secondary N) is 1. The zero-order chi connectivity index (χ0) is 14.4. The molecule has 2 N–H and O–H groups in total. The van der Waals surface area contributed by atoms with Crippen LogP contribution in [0.25, 0.3) is 0 Å². The molecule has 1 aromatic carbocycles. The second-order valence-corrected chi connectivity index (χ2v) is 5.10. The summed E-state index contributed by atoms with van der Waals surface area (Å²) < 4.78 is 18.4. The Morgan fingerprint density at radius 3 is 2.53 bits per heavy atom. The van der Waals surface area contributed by atoms with E-state index in [2.05, 4.69) is 19.2 Å². The predicted molar refractivity (Wildman–Crippen MR) is 74.7 cm³/mol. The number of halogens is 1. The topological polar surface area (TPSA) is 41.5 Å². The van der Waals surface area contributed by atoms with Crippen LogP contribution < -0.4 is 5.32 Å². The lowest BCUT2D eigenvalue weighted by atomic mass is 10.0. The van der Waals surface area contributed by atoms with E-state index >= 15 is 0 Å². The van der Waals surface area contributed by atoms with Gasteiger partial charge >= 0.3 is 0 Å². The molecular formula is C15H24FNO2. The fourth-order valence-corrected chi connectivity index (χ4v) is 1.97. The Hall–Kier alpha value is -1.13. The molecule has 1 aromatic rings. The highest BCUT2D eigenvalue weighted by molar-refractivity contribution is 5.34. The normalized spacial score (nSPS) is 14.6. The summed E-state index contributed by atoms with van der Waals surface area (Å²) in [4.78, 5) is 0. The molecule has 4 heteroatoms. The van der Waals surface area contributed by atoms with Gasteiger partial charge in [0.2, 0.25) is 0 Å². The van der Waals surface area contributed by atoms with E-state index in [4.69, 9.17) is 4.74 Å². The highest BCUT2D eigenvalue weighted by Gasteiger charge is 2.18. The van der Waals surface area contributed by atoms with Gasteiger partial charge in [0.15, 0.2) is 0 Å². The maximum atomic E-state index is 13.0. The van der Waals surface area contributed by atoms with Crippen LogP contribution in [0.15, 0.2) is 18.2 Å². The average Bonchev–Trinajstić information content (AvgIpc) is 2.33. The molecule has 0 heterocycles. The molecule has 0 aliphatic rings. The number of hydrogen-bond acceptors (Lipinski definition) is 3. The maximum Gasteiger partial charge on any atom is 0.126 e. The van der Waals surface area contributed by atoms with Crippen molar-refractivity contribution >= 4 is 0 Å². The molecule has 0 bridgehead atoms. The Morgan fingerprint density at radius 1 is 1.32 bits per heavy atom. The van der Waals surface area contributed by atoms with Crippen LogP contribution in [-0.2, 0) is 4.74 Å². The second-order valence-electron chi connectivity index (χ2n) is 5.10. The number of rotatable bonds is 7. The Labute approximate surface area is 114 Å². The fourth-order valence-electron chi connectivity index (χ4n) is 1.97. The van der Waals surface area contributed by atoms with E-state index in [0.717, 1.165) is 6.07 Å². The van der Waals surface area contributed by atoms with Crippen LogP contribution in [0, 0.1) is 11.7 Å². The van der Waals surface area contributed by atoms with Gasteiger partial charge in [0.05, 0.1) is 6.61 Å². The number of hydrogen-bond donors (Lipinski definition) is 2. The summed E-state index contributed by atoms with van der Waals surface area (Å²) in [6.07, 6.45) is 0. The first-order chi connectivity index (χ1) is 8.95. The number of benzene rings is 1. The van der Waals surface area contributed by atoms with Crippen molar-refractivity contribution in [2.45, 2.75) is 39.8 Å². The van der Waals surface area contributed by atoms with Crippen molar-refractivity contribution < 1.29 is 14.2 Å². The van der Waals surface area contributed by atoms with Crippen molar-refractivity contribution in [2.75, 3.05) is 13.2 Å². The molecule has 0 spiro atoms. The standard InChI is InChI=1S/C15H24FNO2/c1-5-19-9-14(10(2)3)17-11(4)13-7-6-12(16)8-15(13)18/h6-8,10-11,14,17-18H,5,9H2,1-4H3. The van der Waals surface area contributed by atoms with E-state index < -0.39 is 5.82 Å². The number of ether oxygens (including phenoxy) is 1. The molecule has 0 amide bonds. The molecule has 2 atom stereocenters. The van der Waals surface area contributed by atoms with Gasteiger partial charge in [0.1, 0.15) is 11.6 Å². The van der Waals surface area contributed by atoms with Crippen LogP contribution in [0.5, 0.6) is 5.75 Å². The van der Waals surface area contributed by atoms with Crippen LogP contribution in [0.3, 0.4) is 0 Å². The largest absolute Gasteiger partial charge is 0.508 e. The van der Waals surface area contributed by atoms with E-state index in [9.17, 15) is 9.50 Å². The molecule has 19 heavy (non-hydrogen) atoms. The van der Waals surface area contributed by atoms with E-state index in [-0.39, 0.29) is 17.8 Å². The summed E-state index contributed by atoms with van der Waals surface area (Å²) >= 11 is 0. The van der Waals surface area contributed by atoms with Gasteiger partial charge in [-0.2, -0.15) is 0 Å². The van der Waals surface area contributed by atoms with Gasteiger partial charge in [0.25, 0.3) is 0 Å². The van der Waals surface area contributed by atoms with E-state index in [1.807, 2.05) is 13.8 Å². The lowest BCUT2D eigenvalue weighted by Crippen LogP contribution is -2.39. The van der Waals surface area contributed by atoms with Crippen LogP contribution in [0.4, 0.5) is 4.39 Å². The molecule has 1 rings (SSSR count). The highest BCUT2D eigenvalue weighted by atomic mass is 19.1. The van der Waals surface area contributed by atoms with Gasteiger partial charge in [-0.05, 0) is 25.8 Å². The minimum atomic E-state index is -0.428. The third-order valence-electron chi connectivity index (χ3n) is 3.23. The molecule has 0 saturated heterocycles. The van der Waals surface area contributed by atoms with Crippen LogP contribution in [-0.4, -0.2) is 24.4 Å². The molecule has 3 nitrogen and oxygen atoms in total. The minimum absolute atomic E-state index is 0.0149. The summed E-state index contributed by atoms with van der Waals surface area (Å²) in [5, 5.41) is 13.2. The summed E-state index contributed by atoms with van der Waals surface area (Å²) in [5.74, 6) is -0.0290. The van der Waals surface area contributed by atoms with Crippen LogP contribution in [0.2, 0.25) is 0 Å². The molecule has 0 radical (unpaired) electrons. The predicted octanol–water partition coefficient (Wildman–Crippen LogP) is 3.24. The monoisotopic (exact) mass is 269 g/mol. The van der Waals surface area contributed by atoms with Crippen molar-refractivity contribution in [1.29, 1.82) is 0 Å². The van der Waals surface area contributed by atoms with Crippen molar-refractivity contribution in [3.05, 3.63) is 29.6 Å². The Bertz CT molecular complexity index is 396. The van der Waals surface area contributed by atoms with Crippen molar-refractivity contribution in [1.82, 2.24) is 5.32 Å². The highest BCUT2D eigenvalue weighted by Crippen LogP contribution is 2.25. The molecule has 0 aliphatic carbocycles. The second kappa shape index (κ2) is 7.46. The smallest absolute Gasteiger partial charge is 0.126 e. The van der Waals surface area contributed by atoms with Gasteiger partial charge in [-0.25, -0.2) is 4.39 Å². The molecule has 0 saturated carbocycles. The van der Waals surface area contributed by atoms with Gasteiger partial charge in [-0.15, -0.1) is 0 Å². The average molecular weight is 269 g/mol.